The summed E-state index contributed by atoms with van der Waals surface area (Å²) in [6.07, 6.45) is 7.03. The highest BCUT2D eigenvalue weighted by molar-refractivity contribution is 14.0. The summed E-state index contributed by atoms with van der Waals surface area (Å²) < 4.78 is 5.69. The summed E-state index contributed by atoms with van der Waals surface area (Å²) in [7, 11) is 1.72. The fourth-order valence-electron chi connectivity index (χ4n) is 5.03. The number of allylic oxidation sites excluding steroid dienone is 2. The van der Waals surface area contributed by atoms with Gasteiger partial charge in [0, 0.05) is 26.7 Å². The minimum absolute atomic E-state index is 0. The summed E-state index contributed by atoms with van der Waals surface area (Å²) in [5.41, 5.74) is 1.19. The summed E-state index contributed by atoms with van der Waals surface area (Å²) >= 11 is 0. The van der Waals surface area contributed by atoms with Crippen molar-refractivity contribution < 1.29 is 14.3 Å². The van der Waals surface area contributed by atoms with E-state index in [1.165, 1.54) is 10.5 Å². The van der Waals surface area contributed by atoms with Crippen LogP contribution in [-0.2, 0) is 16.0 Å². The third kappa shape index (κ3) is 5.10. The van der Waals surface area contributed by atoms with Crippen molar-refractivity contribution in [1.29, 1.82) is 0 Å². The number of carbonyl (C=O) groups is 2. The number of likely N-dealkylation sites (tertiary alicyclic amines) is 1. The van der Waals surface area contributed by atoms with Crippen LogP contribution in [0, 0.1) is 23.7 Å². The molecule has 1 aromatic rings. The number of benzene rings is 1. The fraction of sp³-hybridized carbons (Fsp3) is 0.542. The first-order valence-electron chi connectivity index (χ1n) is 11.3. The molecule has 0 spiro atoms. The molecule has 8 heteroatoms. The number of imide groups is 1. The number of rotatable bonds is 9. The number of carbonyl (C=O) groups excluding carboxylic acids is 2. The monoisotopic (exact) mass is 552 g/mol. The molecule has 2 bridgehead atoms. The van der Waals surface area contributed by atoms with Crippen LogP contribution in [-0.4, -0.2) is 56.0 Å². The van der Waals surface area contributed by atoms with E-state index in [-0.39, 0.29) is 59.5 Å². The Bertz CT molecular complexity index is 858. The summed E-state index contributed by atoms with van der Waals surface area (Å²) in [4.78, 5) is 31.2. The maximum absolute atomic E-state index is 12.7. The second-order valence-corrected chi connectivity index (χ2v) is 8.50. The number of hydrogen-bond acceptors (Lipinski definition) is 4. The summed E-state index contributed by atoms with van der Waals surface area (Å²) in [5.74, 6) is 1.82. The van der Waals surface area contributed by atoms with Gasteiger partial charge in [0.2, 0.25) is 11.8 Å². The molecule has 3 aliphatic rings. The highest BCUT2D eigenvalue weighted by Gasteiger charge is 2.58. The molecule has 4 unspecified atom stereocenters. The van der Waals surface area contributed by atoms with Gasteiger partial charge in [-0.25, -0.2) is 0 Å². The molecule has 1 aliphatic heterocycles. The van der Waals surface area contributed by atoms with Gasteiger partial charge in [0.05, 0.1) is 18.4 Å². The number of halogens is 1. The van der Waals surface area contributed by atoms with Gasteiger partial charge < -0.3 is 15.4 Å². The van der Waals surface area contributed by atoms with Gasteiger partial charge in [0.15, 0.2) is 5.96 Å². The first-order chi connectivity index (χ1) is 15.1. The number of nitrogens with zero attached hydrogens (tertiary/aromatic N) is 2. The van der Waals surface area contributed by atoms with Gasteiger partial charge in [-0.2, -0.15) is 0 Å². The van der Waals surface area contributed by atoms with Gasteiger partial charge in [0.25, 0.3) is 0 Å². The minimum Gasteiger partial charge on any atom is -0.494 e. The van der Waals surface area contributed by atoms with Crippen molar-refractivity contribution >= 4 is 41.8 Å². The van der Waals surface area contributed by atoms with Crippen LogP contribution in [0.5, 0.6) is 5.75 Å². The van der Waals surface area contributed by atoms with E-state index in [9.17, 15) is 9.59 Å². The van der Waals surface area contributed by atoms with Crippen molar-refractivity contribution in [2.45, 2.75) is 26.2 Å². The smallest absolute Gasteiger partial charge is 0.233 e. The number of fused-ring (bicyclic) bond motifs is 5. The van der Waals surface area contributed by atoms with Crippen LogP contribution >= 0.6 is 24.0 Å². The van der Waals surface area contributed by atoms with Gasteiger partial charge in [-0.05, 0) is 48.8 Å². The van der Waals surface area contributed by atoms with E-state index in [2.05, 4.69) is 46.8 Å². The van der Waals surface area contributed by atoms with Crippen molar-refractivity contribution in [3.8, 4) is 5.75 Å². The zero-order valence-corrected chi connectivity index (χ0v) is 21.1. The molecule has 174 valence electrons. The molecule has 1 saturated heterocycles. The average Bonchev–Trinajstić information content (AvgIpc) is 3.46. The Morgan fingerprint density at radius 3 is 2.47 bits per heavy atom. The highest BCUT2D eigenvalue weighted by Crippen LogP contribution is 2.52. The Kier molecular flexibility index (Phi) is 8.56. The van der Waals surface area contributed by atoms with E-state index < -0.39 is 0 Å². The lowest BCUT2D eigenvalue weighted by Gasteiger charge is -2.18. The van der Waals surface area contributed by atoms with Crippen molar-refractivity contribution in [2.24, 2.45) is 28.7 Å². The van der Waals surface area contributed by atoms with Crippen molar-refractivity contribution in [1.82, 2.24) is 15.5 Å². The number of amides is 2. The van der Waals surface area contributed by atoms with Crippen LogP contribution in [0.3, 0.4) is 0 Å². The van der Waals surface area contributed by atoms with Gasteiger partial charge in [-0.15, -0.1) is 24.0 Å². The van der Waals surface area contributed by atoms with Gasteiger partial charge in [-0.3, -0.25) is 19.5 Å². The molecule has 4 rings (SSSR count). The first-order valence-corrected chi connectivity index (χ1v) is 11.3. The molecule has 7 nitrogen and oxygen atoms in total. The molecule has 2 amide bonds. The molecule has 0 radical (unpaired) electrons. The van der Waals surface area contributed by atoms with E-state index in [0.29, 0.717) is 19.0 Å². The largest absolute Gasteiger partial charge is 0.494 e. The molecule has 2 fully saturated rings. The molecule has 2 aliphatic carbocycles. The zero-order chi connectivity index (χ0) is 21.8. The minimum atomic E-state index is -0.128. The Morgan fingerprint density at radius 2 is 1.81 bits per heavy atom. The van der Waals surface area contributed by atoms with E-state index in [1.807, 2.05) is 12.1 Å². The van der Waals surface area contributed by atoms with Gasteiger partial charge >= 0.3 is 0 Å². The van der Waals surface area contributed by atoms with Crippen molar-refractivity contribution in [3.63, 3.8) is 0 Å². The molecular weight excluding hydrogens is 519 g/mol. The Hall–Kier alpha value is -2.10. The van der Waals surface area contributed by atoms with Crippen LogP contribution in [0.2, 0.25) is 0 Å². The van der Waals surface area contributed by atoms with E-state index in [0.717, 1.165) is 38.2 Å². The third-order valence-corrected chi connectivity index (χ3v) is 6.49. The van der Waals surface area contributed by atoms with Crippen LogP contribution in [0.25, 0.3) is 0 Å². The zero-order valence-electron chi connectivity index (χ0n) is 18.8. The molecule has 32 heavy (non-hydrogen) atoms. The number of guanidine groups is 1. The fourth-order valence-corrected chi connectivity index (χ4v) is 5.03. The maximum Gasteiger partial charge on any atom is 0.233 e. The second-order valence-electron chi connectivity index (χ2n) is 8.50. The number of ether oxygens (including phenoxy) is 1. The Balaban J connectivity index is 0.00000289. The molecule has 1 aromatic carbocycles. The van der Waals surface area contributed by atoms with E-state index >= 15 is 0 Å². The number of nitrogens with one attached hydrogen (secondary N) is 2. The first kappa shape index (κ1) is 24.5. The summed E-state index contributed by atoms with van der Waals surface area (Å²) in [6.45, 7) is 4.40. The summed E-state index contributed by atoms with van der Waals surface area (Å²) in [6, 6.07) is 8.13. The lowest BCUT2D eigenvalue weighted by molar-refractivity contribution is -0.140. The SMILES string of the molecule is CCCOc1cccc(CCNC(=NC)NCCN2C(=O)C3C4C=CC(C4)C3C2=O)c1.I. The molecule has 1 heterocycles. The molecule has 1 saturated carbocycles. The van der Waals surface area contributed by atoms with Crippen molar-refractivity contribution in [2.75, 3.05) is 33.3 Å². The maximum atomic E-state index is 12.7. The molecule has 2 N–H and O–H groups in total. The van der Waals surface area contributed by atoms with Gasteiger partial charge in [0.1, 0.15) is 5.75 Å². The third-order valence-electron chi connectivity index (χ3n) is 6.49. The summed E-state index contributed by atoms with van der Waals surface area (Å²) in [5, 5.41) is 6.51. The van der Waals surface area contributed by atoms with Crippen molar-refractivity contribution in [3.05, 3.63) is 42.0 Å². The molecule has 0 aromatic heterocycles. The number of aliphatic imine (C=N–C) groups is 1. The second kappa shape index (κ2) is 11.2. The quantitative estimate of drug-likeness (QED) is 0.162. The predicted octanol–water partition coefficient (Wildman–Crippen LogP) is 2.61. The standard InChI is InChI=1S/C24H32N4O3.HI/c1-3-13-31-19-6-4-5-16(14-19)9-10-26-24(25-2)27-11-12-28-22(29)20-17-7-8-18(15-17)21(20)23(28)30;/h4-8,14,17-18,20-21H,3,9-13,15H2,1-2H3,(H2,25,26,27);1H. The van der Waals surface area contributed by atoms with Crippen LogP contribution < -0.4 is 15.4 Å². The highest BCUT2D eigenvalue weighted by atomic mass is 127. The Labute approximate surface area is 207 Å². The van der Waals surface area contributed by atoms with E-state index in [4.69, 9.17) is 4.74 Å². The molecule has 4 atom stereocenters. The normalized spacial score (nSPS) is 25.7. The van der Waals surface area contributed by atoms with E-state index in [1.54, 1.807) is 7.05 Å². The topological polar surface area (TPSA) is 83.0 Å². The average molecular weight is 552 g/mol. The van der Waals surface area contributed by atoms with Gasteiger partial charge in [-0.1, -0.05) is 31.2 Å². The number of hydrogen-bond donors (Lipinski definition) is 2. The van der Waals surface area contributed by atoms with Crippen LogP contribution in [0.1, 0.15) is 25.3 Å². The predicted molar refractivity (Wildman–Crippen MR) is 135 cm³/mol. The lowest BCUT2D eigenvalue weighted by atomic mass is 9.85. The molecular formula is C24H33IN4O3. The lowest BCUT2D eigenvalue weighted by Crippen LogP contribution is -2.44. The Morgan fingerprint density at radius 1 is 1.12 bits per heavy atom. The van der Waals surface area contributed by atoms with Crippen LogP contribution in [0.4, 0.5) is 0 Å². The van der Waals surface area contributed by atoms with Crippen LogP contribution in [0.15, 0.2) is 41.4 Å².